The largest absolute Gasteiger partial charge is 0.480 e. The maximum atomic E-state index is 12.1. The second-order valence-electron chi connectivity index (χ2n) is 13.0. The number of rotatable bonds is 9. The Bertz CT molecular complexity index is 1080. The van der Waals surface area contributed by atoms with Crippen molar-refractivity contribution in [1.82, 2.24) is 5.32 Å². The number of carbonyl (C=O) groups excluding carboxylic acids is 1. The Kier molecular flexibility index (Phi) is 13.1. The van der Waals surface area contributed by atoms with E-state index in [1.165, 1.54) is 64.2 Å². The van der Waals surface area contributed by atoms with Crippen LogP contribution in [0, 0.1) is 17.8 Å². The highest BCUT2D eigenvalue weighted by atomic mass is 16.6. The van der Waals surface area contributed by atoms with Crippen molar-refractivity contribution in [3.63, 3.8) is 0 Å². The number of aliphatic carboxylic acids is 2. The van der Waals surface area contributed by atoms with E-state index in [9.17, 15) is 24.6 Å². The molecule has 2 aromatic carbocycles. The van der Waals surface area contributed by atoms with Gasteiger partial charge in [-0.25, -0.2) is 9.59 Å². The second-order valence-corrected chi connectivity index (χ2v) is 13.0. The number of hydrogen-bond donors (Lipinski definition) is 4. The smallest absolute Gasteiger partial charge is 0.408 e. The molecule has 2 aliphatic rings. The van der Waals surface area contributed by atoms with E-state index in [2.05, 4.69) is 5.32 Å². The van der Waals surface area contributed by atoms with E-state index >= 15 is 0 Å². The number of benzene rings is 2. The van der Waals surface area contributed by atoms with E-state index in [0.29, 0.717) is 11.8 Å². The summed E-state index contributed by atoms with van der Waals surface area (Å²) in [6.45, 7) is 5.19. The van der Waals surface area contributed by atoms with Crippen molar-refractivity contribution in [2.24, 2.45) is 23.5 Å². The van der Waals surface area contributed by atoms with Crippen LogP contribution in [0.4, 0.5) is 4.79 Å². The lowest BCUT2D eigenvalue weighted by molar-refractivity contribution is -0.142. The Morgan fingerprint density at radius 2 is 1.16 bits per heavy atom. The predicted octanol–water partition coefficient (Wildman–Crippen LogP) is 6.97. The molecule has 2 saturated carbocycles. The standard InChI is InChI=1S/C20H23NO4.C15H27NO2/c1-20(2,3)25-19(24)21-17(18(22)23)16(14-10-6-4-7-11-14)15-12-8-5-9-13-15;16-14(15(17)18)13(11-7-3-1-4-8-11)12-9-5-2-6-10-12/h4-13,16-17H,1-3H3,(H,21,24)(H,22,23);11-14H,1-10,16H2,(H,17,18)/t17-;14-/m10/s1. The Balaban J connectivity index is 0.000000248. The van der Waals surface area contributed by atoms with Crippen LogP contribution in [0.1, 0.15) is 102 Å². The van der Waals surface area contributed by atoms with Gasteiger partial charge in [0.2, 0.25) is 0 Å². The van der Waals surface area contributed by atoms with Crippen molar-refractivity contribution < 1.29 is 29.3 Å². The van der Waals surface area contributed by atoms with Crippen molar-refractivity contribution in [3.8, 4) is 0 Å². The maximum absolute atomic E-state index is 12.1. The Labute approximate surface area is 256 Å². The average molecular weight is 595 g/mol. The van der Waals surface area contributed by atoms with Crippen LogP contribution in [-0.4, -0.2) is 45.9 Å². The van der Waals surface area contributed by atoms with E-state index < -0.39 is 41.6 Å². The zero-order valence-electron chi connectivity index (χ0n) is 25.9. The van der Waals surface area contributed by atoms with E-state index in [1.807, 2.05) is 60.7 Å². The molecule has 0 aromatic heterocycles. The molecule has 0 unspecified atom stereocenters. The SMILES string of the molecule is CC(C)(C)OC(=O)N[C@@H](C(=O)O)C(c1ccccc1)c1ccccc1.N[C@H](C(=O)O)C(C1CCCCC1)C1CCCCC1. The molecule has 1 amide bonds. The number of carboxylic acid groups (broad SMARTS) is 2. The minimum atomic E-state index is -1.15. The number of amides is 1. The summed E-state index contributed by atoms with van der Waals surface area (Å²) < 4.78 is 5.23. The van der Waals surface area contributed by atoms with Gasteiger partial charge in [0.15, 0.2) is 0 Å². The molecule has 0 heterocycles. The molecular weight excluding hydrogens is 544 g/mol. The van der Waals surface area contributed by atoms with Crippen molar-refractivity contribution in [2.45, 2.75) is 109 Å². The molecule has 43 heavy (non-hydrogen) atoms. The molecule has 0 aliphatic heterocycles. The molecule has 2 atom stereocenters. The second kappa shape index (κ2) is 16.5. The lowest BCUT2D eigenvalue weighted by atomic mass is 9.67. The normalized spacial score (nSPS) is 17.8. The van der Waals surface area contributed by atoms with Crippen molar-refractivity contribution in [3.05, 3.63) is 71.8 Å². The quantitative estimate of drug-likeness (QED) is 0.246. The molecule has 2 aliphatic carbocycles. The van der Waals surface area contributed by atoms with Crippen LogP contribution in [0.15, 0.2) is 60.7 Å². The zero-order chi connectivity index (χ0) is 31.4. The van der Waals surface area contributed by atoms with E-state index in [0.717, 1.165) is 11.1 Å². The fourth-order valence-corrected chi connectivity index (χ4v) is 6.79. The summed E-state index contributed by atoms with van der Waals surface area (Å²) >= 11 is 0. The third-order valence-corrected chi connectivity index (χ3v) is 8.68. The molecule has 0 bridgehead atoms. The van der Waals surface area contributed by atoms with Crippen LogP contribution in [-0.2, 0) is 14.3 Å². The first-order valence-corrected chi connectivity index (χ1v) is 15.8. The minimum Gasteiger partial charge on any atom is -0.480 e. The number of nitrogens with two attached hydrogens (primary N) is 1. The summed E-state index contributed by atoms with van der Waals surface area (Å²) in [7, 11) is 0. The highest BCUT2D eigenvalue weighted by molar-refractivity contribution is 5.82. The van der Waals surface area contributed by atoms with Gasteiger partial charge < -0.3 is 26.0 Å². The van der Waals surface area contributed by atoms with Crippen LogP contribution in [0.3, 0.4) is 0 Å². The van der Waals surface area contributed by atoms with Crippen molar-refractivity contribution >= 4 is 18.0 Å². The molecule has 8 heteroatoms. The topological polar surface area (TPSA) is 139 Å². The Morgan fingerprint density at radius 1 is 0.744 bits per heavy atom. The highest BCUT2D eigenvalue weighted by Gasteiger charge is 2.38. The minimum absolute atomic E-state index is 0.225. The van der Waals surface area contributed by atoms with Gasteiger partial charge in [0.25, 0.3) is 0 Å². The van der Waals surface area contributed by atoms with Gasteiger partial charge in [-0.15, -0.1) is 0 Å². The van der Waals surface area contributed by atoms with Crippen LogP contribution in [0.5, 0.6) is 0 Å². The summed E-state index contributed by atoms with van der Waals surface area (Å²) in [6.07, 6.45) is 11.7. The summed E-state index contributed by atoms with van der Waals surface area (Å²) in [5.41, 5.74) is 6.92. The van der Waals surface area contributed by atoms with Gasteiger partial charge in [0, 0.05) is 5.92 Å². The average Bonchev–Trinajstić information content (AvgIpc) is 2.98. The molecule has 0 spiro atoms. The van der Waals surface area contributed by atoms with Crippen LogP contribution in [0.25, 0.3) is 0 Å². The Hall–Kier alpha value is -3.39. The third-order valence-electron chi connectivity index (χ3n) is 8.68. The van der Waals surface area contributed by atoms with E-state index in [4.69, 9.17) is 10.5 Å². The van der Waals surface area contributed by atoms with Gasteiger partial charge in [-0.3, -0.25) is 4.79 Å². The maximum Gasteiger partial charge on any atom is 0.408 e. The van der Waals surface area contributed by atoms with Gasteiger partial charge in [0.05, 0.1) is 0 Å². The fourth-order valence-electron chi connectivity index (χ4n) is 6.79. The molecule has 2 fully saturated rings. The van der Waals surface area contributed by atoms with E-state index in [-0.39, 0.29) is 5.92 Å². The third kappa shape index (κ3) is 10.7. The molecule has 236 valence electrons. The van der Waals surface area contributed by atoms with E-state index in [1.54, 1.807) is 20.8 Å². The molecular formula is C35H50N2O6. The summed E-state index contributed by atoms with van der Waals surface area (Å²) in [5, 5.41) is 21.5. The van der Waals surface area contributed by atoms with Crippen LogP contribution >= 0.6 is 0 Å². The number of nitrogens with one attached hydrogen (secondary N) is 1. The number of carbonyl (C=O) groups is 3. The molecule has 8 nitrogen and oxygen atoms in total. The zero-order valence-corrected chi connectivity index (χ0v) is 25.9. The lowest BCUT2D eigenvalue weighted by Crippen LogP contribution is -2.47. The monoisotopic (exact) mass is 594 g/mol. The van der Waals surface area contributed by atoms with Crippen molar-refractivity contribution in [2.75, 3.05) is 0 Å². The number of carboxylic acids is 2. The molecule has 0 radical (unpaired) electrons. The number of hydrogen-bond acceptors (Lipinski definition) is 5. The number of ether oxygens (including phenoxy) is 1. The Morgan fingerprint density at radius 3 is 1.51 bits per heavy atom. The molecule has 5 N–H and O–H groups in total. The summed E-state index contributed by atoms with van der Waals surface area (Å²) in [4.78, 5) is 35.4. The fraction of sp³-hybridized carbons (Fsp3) is 0.571. The highest BCUT2D eigenvalue weighted by Crippen LogP contribution is 2.41. The molecule has 4 rings (SSSR count). The summed E-state index contributed by atoms with van der Waals surface area (Å²) in [5.74, 6) is -1.10. The van der Waals surface area contributed by atoms with Crippen molar-refractivity contribution in [1.29, 1.82) is 0 Å². The summed E-state index contributed by atoms with van der Waals surface area (Å²) in [6, 6.07) is 16.7. The van der Waals surface area contributed by atoms with Gasteiger partial charge in [-0.1, -0.05) is 125 Å². The van der Waals surface area contributed by atoms with Gasteiger partial charge in [0.1, 0.15) is 17.7 Å². The van der Waals surface area contributed by atoms with Gasteiger partial charge >= 0.3 is 18.0 Å². The van der Waals surface area contributed by atoms with Gasteiger partial charge in [-0.2, -0.15) is 0 Å². The number of alkyl carbamates (subject to hydrolysis) is 1. The predicted molar refractivity (Wildman–Crippen MR) is 168 cm³/mol. The molecule has 0 saturated heterocycles. The lowest BCUT2D eigenvalue weighted by Gasteiger charge is -2.39. The van der Waals surface area contributed by atoms with Crippen LogP contribution in [0.2, 0.25) is 0 Å². The molecule has 2 aromatic rings. The first kappa shape index (κ1) is 34.1. The van der Waals surface area contributed by atoms with Crippen LogP contribution < -0.4 is 11.1 Å². The van der Waals surface area contributed by atoms with Gasteiger partial charge in [-0.05, 0) is 49.7 Å². The first-order chi connectivity index (χ1) is 20.5. The first-order valence-electron chi connectivity index (χ1n) is 15.8.